The van der Waals surface area contributed by atoms with Crippen molar-refractivity contribution in [1.82, 2.24) is 0 Å². The Morgan fingerprint density at radius 2 is 1.84 bits per heavy atom. The van der Waals surface area contributed by atoms with Crippen molar-refractivity contribution >= 4 is 58.2 Å². The molecule has 0 fully saturated rings. The number of benzene rings is 1. The molecule has 0 aliphatic carbocycles. The molecule has 3 nitrogen and oxygen atoms in total. The summed E-state index contributed by atoms with van der Waals surface area (Å²) in [6.45, 7) is 3.82. The summed E-state index contributed by atoms with van der Waals surface area (Å²) in [5, 5.41) is 3.74. The maximum atomic E-state index is 11.7. The molecule has 0 saturated heterocycles. The lowest BCUT2D eigenvalue weighted by atomic mass is 10.1. The van der Waals surface area contributed by atoms with Gasteiger partial charge in [0.2, 0.25) is 5.91 Å². The van der Waals surface area contributed by atoms with E-state index in [2.05, 4.69) is 5.32 Å². The van der Waals surface area contributed by atoms with Crippen LogP contribution in [-0.2, 0) is 4.79 Å². The third-order valence-electron chi connectivity index (χ3n) is 1.99. The Kier molecular flexibility index (Phi) is 6.27. The smallest absolute Gasteiger partial charge is 0.234 e. The molecule has 0 bridgehead atoms. The zero-order valence-electron chi connectivity index (χ0n) is 10.6. The van der Waals surface area contributed by atoms with Crippen molar-refractivity contribution in [3.63, 3.8) is 0 Å². The number of hydrogen-bond acceptors (Lipinski definition) is 3. The molecular weight excluding hydrogens is 327 g/mol. The minimum atomic E-state index is -0.299. The number of carbonyl (C=O) groups excluding carboxylic acids is 1. The molecule has 0 atom stereocenters. The Hall–Kier alpha value is -0.130. The maximum absolute atomic E-state index is 11.7. The van der Waals surface area contributed by atoms with Gasteiger partial charge in [0.05, 0.1) is 26.5 Å². The molecule has 1 aromatic rings. The fourth-order valence-corrected chi connectivity index (χ4v) is 2.69. The first-order valence-corrected chi connectivity index (χ1v) is 7.79. The number of carbonyl (C=O) groups is 1. The fourth-order valence-electron chi connectivity index (χ4n) is 1.21. The van der Waals surface area contributed by atoms with Gasteiger partial charge in [-0.25, -0.2) is 0 Å². The first-order chi connectivity index (χ1) is 8.69. The Bertz CT molecular complexity index is 475. The van der Waals surface area contributed by atoms with Gasteiger partial charge in [-0.2, -0.15) is 11.8 Å². The number of amides is 1. The molecule has 0 heterocycles. The highest BCUT2D eigenvalue weighted by Crippen LogP contribution is 2.32. The SMILES string of the molecule is CC(C)(N)CSCC(=O)Nc1cc(Cl)c(Cl)cc1Cl. The predicted octanol–water partition coefficient (Wildman–Crippen LogP) is 4.06. The van der Waals surface area contributed by atoms with Crippen molar-refractivity contribution in [2.45, 2.75) is 19.4 Å². The maximum Gasteiger partial charge on any atom is 0.234 e. The lowest BCUT2D eigenvalue weighted by Crippen LogP contribution is -2.35. The molecule has 0 aromatic heterocycles. The van der Waals surface area contributed by atoms with E-state index in [-0.39, 0.29) is 11.4 Å². The minimum Gasteiger partial charge on any atom is -0.325 e. The molecule has 7 heteroatoms. The molecule has 1 aromatic carbocycles. The number of nitrogens with one attached hydrogen (secondary N) is 1. The van der Waals surface area contributed by atoms with E-state index >= 15 is 0 Å². The average molecular weight is 342 g/mol. The second-order valence-electron chi connectivity index (χ2n) is 4.78. The Balaban J connectivity index is 2.56. The van der Waals surface area contributed by atoms with Crippen molar-refractivity contribution in [2.24, 2.45) is 5.73 Å². The summed E-state index contributed by atoms with van der Waals surface area (Å²) in [5.41, 5.74) is 5.98. The second-order valence-corrected chi connectivity index (χ2v) is 6.98. The highest BCUT2D eigenvalue weighted by Gasteiger charge is 2.13. The normalized spacial score (nSPS) is 11.5. The van der Waals surface area contributed by atoms with Gasteiger partial charge in [0.1, 0.15) is 0 Å². The van der Waals surface area contributed by atoms with Gasteiger partial charge >= 0.3 is 0 Å². The van der Waals surface area contributed by atoms with Crippen molar-refractivity contribution in [3.8, 4) is 0 Å². The molecule has 1 amide bonds. The van der Waals surface area contributed by atoms with Gasteiger partial charge in [0.25, 0.3) is 0 Å². The number of halogens is 3. The van der Waals surface area contributed by atoms with Crippen LogP contribution in [0.15, 0.2) is 12.1 Å². The number of anilines is 1. The lowest BCUT2D eigenvalue weighted by Gasteiger charge is -2.17. The molecular formula is C12H15Cl3N2OS. The van der Waals surface area contributed by atoms with Crippen LogP contribution in [0.2, 0.25) is 15.1 Å². The summed E-state index contributed by atoms with van der Waals surface area (Å²) < 4.78 is 0. The lowest BCUT2D eigenvalue weighted by molar-refractivity contribution is -0.113. The summed E-state index contributed by atoms with van der Waals surface area (Å²) in [4.78, 5) is 11.7. The zero-order chi connectivity index (χ0) is 14.6. The van der Waals surface area contributed by atoms with E-state index < -0.39 is 0 Å². The summed E-state index contributed by atoms with van der Waals surface area (Å²) in [6.07, 6.45) is 0. The van der Waals surface area contributed by atoms with Crippen molar-refractivity contribution < 1.29 is 4.79 Å². The monoisotopic (exact) mass is 340 g/mol. The Morgan fingerprint density at radius 1 is 1.26 bits per heavy atom. The average Bonchev–Trinajstić information content (AvgIpc) is 2.24. The van der Waals surface area contributed by atoms with Crippen LogP contribution in [0.25, 0.3) is 0 Å². The highest BCUT2D eigenvalue weighted by molar-refractivity contribution is 8.00. The van der Waals surface area contributed by atoms with Gasteiger partial charge in [-0.05, 0) is 26.0 Å². The topological polar surface area (TPSA) is 55.1 Å². The summed E-state index contributed by atoms with van der Waals surface area (Å²) in [5.74, 6) is 0.835. The van der Waals surface area contributed by atoms with E-state index in [4.69, 9.17) is 40.5 Å². The van der Waals surface area contributed by atoms with Crippen LogP contribution in [0, 0.1) is 0 Å². The number of thioether (sulfide) groups is 1. The number of nitrogens with two attached hydrogens (primary N) is 1. The van der Waals surface area contributed by atoms with Gasteiger partial charge < -0.3 is 11.1 Å². The molecule has 0 aliphatic rings. The number of hydrogen-bond donors (Lipinski definition) is 2. The molecule has 1 rings (SSSR count). The quantitative estimate of drug-likeness (QED) is 0.794. The van der Waals surface area contributed by atoms with Crippen molar-refractivity contribution in [1.29, 1.82) is 0 Å². The van der Waals surface area contributed by atoms with Crippen LogP contribution in [0.3, 0.4) is 0 Å². The molecule has 0 saturated carbocycles. The van der Waals surface area contributed by atoms with Gasteiger partial charge in [-0.1, -0.05) is 34.8 Å². The Labute approximate surface area is 132 Å². The first kappa shape index (κ1) is 16.9. The van der Waals surface area contributed by atoms with Gasteiger partial charge in [-0.3, -0.25) is 4.79 Å². The van der Waals surface area contributed by atoms with E-state index in [1.54, 1.807) is 0 Å². The molecule has 0 spiro atoms. The highest BCUT2D eigenvalue weighted by atomic mass is 35.5. The summed E-state index contributed by atoms with van der Waals surface area (Å²) in [6, 6.07) is 3.03. The van der Waals surface area contributed by atoms with Gasteiger partial charge in [0, 0.05) is 11.3 Å². The van der Waals surface area contributed by atoms with E-state index in [1.807, 2.05) is 13.8 Å². The van der Waals surface area contributed by atoms with Crippen LogP contribution in [0.1, 0.15) is 13.8 Å². The van der Waals surface area contributed by atoms with E-state index in [9.17, 15) is 4.79 Å². The molecule has 106 valence electrons. The van der Waals surface area contributed by atoms with Gasteiger partial charge in [0.15, 0.2) is 0 Å². The van der Waals surface area contributed by atoms with Crippen LogP contribution >= 0.6 is 46.6 Å². The molecule has 0 radical (unpaired) electrons. The zero-order valence-corrected chi connectivity index (χ0v) is 13.7. The van der Waals surface area contributed by atoms with Gasteiger partial charge in [-0.15, -0.1) is 0 Å². The third kappa shape index (κ3) is 6.23. The summed E-state index contributed by atoms with van der Waals surface area (Å²) >= 11 is 19.1. The first-order valence-electron chi connectivity index (χ1n) is 5.50. The van der Waals surface area contributed by atoms with Crippen molar-refractivity contribution in [3.05, 3.63) is 27.2 Å². The fraction of sp³-hybridized carbons (Fsp3) is 0.417. The molecule has 19 heavy (non-hydrogen) atoms. The van der Waals surface area contributed by atoms with Crippen LogP contribution in [0.5, 0.6) is 0 Å². The third-order valence-corrected chi connectivity index (χ3v) is 4.44. The molecule has 0 unspecified atom stereocenters. The molecule has 3 N–H and O–H groups in total. The van der Waals surface area contributed by atoms with Crippen LogP contribution in [0.4, 0.5) is 5.69 Å². The van der Waals surface area contributed by atoms with Crippen LogP contribution < -0.4 is 11.1 Å². The number of rotatable bonds is 5. The second kappa shape index (κ2) is 7.04. The minimum absolute atomic E-state index is 0.158. The largest absolute Gasteiger partial charge is 0.325 e. The van der Waals surface area contributed by atoms with Crippen molar-refractivity contribution in [2.75, 3.05) is 16.8 Å². The van der Waals surface area contributed by atoms with E-state index in [1.165, 1.54) is 23.9 Å². The standard InChI is InChI=1S/C12H15Cl3N2OS/c1-12(2,16)6-19-5-11(18)17-10-4-8(14)7(13)3-9(10)15/h3-4H,5-6,16H2,1-2H3,(H,17,18). The van der Waals surface area contributed by atoms with E-state index in [0.29, 0.717) is 32.3 Å². The van der Waals surface area contributed by atoms with E-state index in [0.717, 1.165) is 0 Å². The molecule has 0 aliphatic heterocycles. The van der Waals surface area contributed by atoms with Crippen LogP contribution in [-0.4, -0.2) is 23.0 Å². The Morgan fingerprint density at radius 3 is 2.42 bits per heavy atom. The predicted molar refractivity (Wildman–Crippen MR) is 85.7 cm³/mol. The summed E-state index contributed by atoms with van der Waals surface area (Å²) in [7, 11) is 0.